The summed E-state index contributed by atoms with van der Waals surface area (Å²) in [6, 6.07) is 8.27. The van der Waals surface area contributed by atoms with Crippen molar-refractivity contribution in [3.63, 3.8) is 0 Å². The van der Waals surface area contributed by atoms with E-state index in [1.54, 1.807) is 9.12 Å². The minimum atomic E-state index is 0.259. The molecular formula is C15H10ClIN4S. The first-order chi connectivity index (χ1) is 10.7. The molecule has 0 spiro atoms. The summed E-state index contributed by atoms with van der Waals surface area (Å²) < 4.78 is 1.98. The van der Waals surface area contributed by atoms with E-state index in [-0.39, 0.29) is 5.28 Å². The average Bonchev–Trinajstić information content (AvgIpc) is 3.10. The number of H-pyrrole nitrogens is 1. The van der Waals surface area contributed by atoms with Gasteiger partial charge in [0.2, 0.25) is 5.28 Å². The number of benzene rings is 1. The van der Waals surface area contributed by atoms with Crippen LogP contribution in [0.25, 0.3) is 33.2 Å². The topological polar surface area (TPSA) is 46.5 Å². The number of aromatic amines is 1. The van der Waals surface area contributed by atoms with Crippen LogP contribution in [0, 0.1) is 6.92 Å². The maximum absolute atomic E-state index is 6.15. The molecule has 0 fully saturated rings. The van der Waals surface area contributed by atoms with E-state index < -0.39 is 0 Å². The SMILES string of the molecule is Cc1cccc2c(-c3nc(Cl)nc4c3ccn4SI)c[nH]c12. The molecule has 0 atom stereocenters. The lowest BCUT2D eigenvalue weighted by Crippen LogP contribution is -1.91. The average molecular weight is 441 g/mol. The fourth-order valence-electron chi connectivity index (χ4n) is 2.73. The highest BCUT2D eigenvalue weighted by Gasteiger charge is 2.16. The van der Waals surface area contributed by atoms with Crippen molar-refractivity contribution in [3.05, 3.63) is 47.5 Å². The number of nitrogens with one attached hydrogen (secondary N) is 1. The largest absolute Gasteiger partial charge is 0.360 e. The summed E-state index contributed by atoms with van der Waals surface area (Å²) in [5, 5.41) is 2.40. The van der Waals surface area contributed by atoms with Crippen LogP contribution in [0.4, 0.5) is 0 Å². The Kier molecular flexibility index (Phi) is 3.54. The van der Waals surface area contributed by atoms with Crippen LogP contribution in [0.1, 0.15) is 5.56 Å². The van der Waals surface area contributed by atoms with Crippen LogP contribution in [0.5, 0.6) is 0 Å². The van der Waals surface area contributed by atoms with Gasteiger partial charge >= 0.3 is 0 Å². The molecular weight excluding hydrogens is 431 g/mol. The van der Waals surface area contributed by atoms with E-state index in [9.17, 15) is 0 Å². The summed E-state index contributed by atoms with van der Waals surface area (Å²) in [4.78, 5) is 12.2. The molecule has 7 heteroatoms. The van der Waals surface area contributed by atoms with Crippen molar-refractivity contribution in [2.45, 2.75) is 6.92 Å². The molecule has 0 amide bonds. The number of aryl methyl sites for hydroxylation is 1. The van der Waals surface area contributed by atoms with E-state index in [0.717, 1.165) is 33.2 Å². The van der Waals surface area contributed by atoms with Crippen molar-refractivity contribution in [2.75, 3.05) is 0 Å². The Morgan fingerprint density at radius 2 is 2.09 bits per heavy atom. The van der Waals surface area contributed by atoms with Gasteiger partial charge in [-0.05, 0) is 30.2 Å². The number of fused-ring (bicyclic) bond motifs is 2. The van der Waals surface area contributed by atoms with Crippen molar-refractivity contribution >= 4 is 63.9 Å². The molecule has 0 unspecified atom stereocenters. The van der Waals surface area contributed by atoms with Gasteiger partial charge in [0.15, 0.2) is 5.65 Å². The molecule has 0 bridgehead atoms. The van der Waals surface area contributed by atoms with Crippen LogP contribution in [-0.4, -0.2) is 18.9 Å². The van der Waals surface area contributed by atoms with Gasteiger partial charge in [0.25, 0.3) is 0 Å². The lowest BCUT2D eigenvalue weighted by molar-refractivity contribution is 1.19. The molecule has 0 aliphatic carbocycles. The van der Waals surface area contributed by atoms with Crippen molar-refractivity contribution in [1.82, 2.24) is 18.9 Å². The van der Waals surface area contributed by atoms with Crippen molar-refractivity contribution < 1.29 is 0 Å². The molecule has 22 heavy (non-hydrogen) atoms. The smallest absolute Gasteiger partial charge is 0.224 e. The minimum Gasteiger partial charge on any atom is -0.360 e. The van der Waals surface area contributed by atoms with Crippen LogP contribution < -0.4 is 0 Å². The lowest BCUT2D eigenvalue weighted by atomic mass is 10.1. The minimum absolute atomic E-state index is 0.259. The summed E-state index contributed by atoms with van der Waals surface area (Å²) in [6.07, 6.45) is 3.97. The van der Waals surface area contributed by atoms with Crippen LogP contribution in [0.3, 0.4) is 0 Å². The monoisotopic (exact) mass is 440 g/mol. The van der Waals surface area contributed by atoms with E-state index in [0.29, 0.717) is 0 Å². The molecule has 0 aliphatic heterocycles. The Morgan fingerprint density at radius 3 is 2.91 bits per heavy atom. The van der Waals surface area contributed by atoms with E-state index in [1.165, 1.54) is 5.56 Å². The summed E-state index contributed by atoms with van der Waals surface area (Å²) in [7, 11) is 1.56. The first-order valence-electron chi connectivity index (χ1n) is 6.60. The summed E-state index contributed by atoms with van der Waals surface area (Å²) in [5.74, 6) is 0. The van der Waals surface area contributed by atoms with Gasteiger partial charge in [0.05, 0.1) is 5.69 Å². The predicted octanol–water partition coefficient (Wildman–Crippen LogP) is 5.39. The van der Waals surface area contributed by atoms with Gasteiger partial charge in [-0.1, -0.05) is 18.2 Å². The maximum Gasteiger partial charge on any atom is 0.224 e. The molecule has 1 N–H and O–H groups in total. The number of hydrogen-bond acceptors (Lipinski definition) is 3. The standard InChI is InChI=1S/C15H10ClIN4S/c1-8-3-2-4-9-11(7-18-12(8)9)13-10-5-6-21(22-17)14(10)20-15(16)19-13/h2-7,18H,1H3. The van der Waals surface area contributed by atoms with Crippen molar-refractivity contribution in [3.8, 4) is 11.3 Å². The zero-order valence-corrected chi connectivity index (χ0v) is 15.2. The number of hydrogen-bond donors (Lipinski definition) is 1. The third kappa shape index (κ3) is 2.12. The van der Waals surface area contributed by atoms with Crippen LogP contribution in [0.2, 0.25) is 5.28 Å². The van der Waals surface area contributed by atoms with Crippen LogP contribution in [-0.2, 0) is 0 Å². The van der Waals surface area contributed by atoms with Crippen molar-refractivity contribution in [2.24, 2.45) is 0 Å². The first-order valence-corrected chi connectivity index (χ1v) is 10.3. The zero-order chi connectivity index (χ0) is 15.3. The molecule has 1 aromatic carbocycles. The quantitative estimate of drug-likeness (QED) is 0.336. The second-order valence-corrected chi connectivity index (χ2v) is 7.04. The number of nitrogens with zero attached hydrogens (tertiary/aromatic N) is 3. The van der Waals surface area contributed by atoms with Gasteiger partial charge in [-0.15, -0.1) is 0 Å². The molecule has 4 aromatic rings. The zero-order valence-electron chi connectivity index (χ0n) is 11.5. The highest BCUT2D eigenvalue weighted by atomic mass is 127. The fourth-order valence-corrected chi connectivity index (χ4v) is 4.16. The molecule has 0 radical (unpaired) electrons. The van der Waals surface area contributed by atoms with Gasteiger partial charge < -0.3 is 4.98 Å². The summed E-state index contributed by atoms with van der Waals surface area (Å²) in [5.41, 5.74) is 5.07. The maximum atomic E-state index is 6.15. The Hall–Kier alpha value is -1.25. The van der Waals surface area contributed by atoms with Gasteiger partial charge in [0, 0.05) is 64.6 Å². The molecule has 0 aliphatic rings. The Balaban J connectivity index is 2.08. The molecule has 3 aromatic heterocycles. The van der Waals surface area contributed by atoms with E-state index in [1.807, 2.05) is 22.4 Å². The number of aromatic nitrogens is 4. The van der Waals surface area contributed by atoms with Gasteiger partial charge in [-0.3, -0.25) is 3.97 Å². The number of halogens is 2. The molecule has 110 valence electrons. The lowest BCUT2D eigenvalue weighted by Gasteiger charge is -2.04. The normalized spacial score (nSPS) is 11.6. The van der Waals surface area contributed by atoms with Crippen LogP contribution in [0.15, 0.2) is 36.7 Å². The molecule has 4 rings (SSSR count). The van der Waals surface area contributed by atoms with E-state index in [4.69, 9.17) is 11.6 Å². The first kappa shape index (κ1) is 14.3. The molecule has 0 saturated heterocycles. The number of para-hydroxylation sites is 1. The number of rotatable bonds is 2. The predicted molar refractivity (Wildman–Crippen MR) is 102 cm³/mol. The third-order valence-corrected chi connectivity index (χ3v) is 5.62. The Labute approximate surface area is 148 Å². The second kappa shape index (κ2) is 5.43. The highest BCUT2D eigenvalue weighted by Crippen LogP contribution is 2.35. The Bertz CT molecular complexity index is 1010. The van der Waals surface area contributed by atoms with E-state index >= 15 is 0 Å². The van der Waals surface area contributed by atoms with E-state index in [2.05, 4.69) is 61.3 Å². The second-order valence-electron chi connectivity index (χ2n) is 4.99. The van der Waals surface area contributed by atoms with Gasteiger partial charge in [-0.25, -0.2) is 4.98 Å². The summed E-state index contributed by atoms with van der Waals surface area (Å²) >= 11 is 8.38. The molecule has 0 saturated carbocycles. The molecule has 4 nitrogen and oxygen atoms in total. The van der Waals surface area contributed by atoms with Crippen molar-refractivity contribution in [1.29, 1.82) is 0 Å². The molecule has 3 heterocycles. The highest BCUT2D eigenvalue weighted by molar-refractivity contribution is 14.2. The van der Waals surface area contributed by atoms with Crippen LogP contribution >= 0.6 is 41.9 Å². The Morgan fingerprint density at radius 1 is 1.23 bits per heavy atom. The van der Waals surface area contributed by atoms with Gasteiger partial charge in [-0.2, -0.15) is 4.98 Å². The summed E-state index contributed by atoms with van der Waals surface area (Å²) in [6.45, 7) is 2.09. The fraction of sp³-hybridized carbons (Fsp3) is 0.0667. The van der Waals surface area contributed by atoms with Gasteiger partial charge in [0.1, 0.15) is 0 Å². The third-order valence-electron chi connectivity index (χ3n) is 3.74.